The third-order valence-electron chi connectivity index (χ3n) is 0. The van der Waals surface area contributed by atoms with Gasteiger partial charge >= 0.3 is 45.5 Å². The first-order valence-corrected chi connectivity index (χ1v) is 0.707. The van der Waals surface area contributed by atoms with Gasteiger partial charge in [0.15, 0.2) is 0 Å². The van der Waals surface area contributed by atoms with Crippen LogP contribution in [0.2, 0.25) is 0 Å². The van der Waals surface area contributed by atoms with Crippen LogP contribution in [0.3, 0.4) is 0 Å². The summed E-state index contributed by atoms with van der Waals surface area (Å²) in [6.45, 7) is 5.00. The second-order valence-electron chi connectivity index (χ2n) is 0. The van der Waals surface area contributed by atoms with Crippen molar-refractivity contribution < 1.29 is 24.0 Å². The SMILES string of the molecule is [CH2-]C.[I-].[Sr+2]. The van der Waals surface area contributed by atoms with Gasteiger partial charge in [-0.25, -0.2) is 0 Å². The van der Waals surface area contributed by atoms with E-state index < -0.39 is 0 Å². The summed E-state index contributed by atoms with van der Waals surface area (Å²) >= 11 is 0. The van der Waals surface area contributed by atoms with Crippen molar-refractivity contribution in [3.63, 3.8) is 0 Å². The van der Waals surface area contributed by atoms with Gasteiger partial charge in [-0.2, -0.15) is 6.92 Å². The predicted molar refractivity (Wildman–Crippen MR) is 16.8 cm³/mol. The van der Waals surface area contributed by atoms with E-state index in [4.69, 9.17) is 0 Å². The Labute approximate surface area is 81.6 Å². The van der Waals surface area contributed by atoms with Gasteiger partial charge < -0.3 is 30.9 Å². The fraction of sp³-hybridized carbons (Fsp3) is 0.500. The Morgan fingerprint density at radius 2 is 1.25 bits per heavy atom. The van der Waals surface area contributed by atoms with E-state index in [0.717, 1.165) is 0 Å². The number of rotatable bonds is 0. The summed E-state index contributed by atoms with van der Waals surface area (Å²) in [6, 6.07) is 0. The van der Waals surface area contributed by atoms with E-state index in [9.17, 15) is 0 Å². The van der Waals surface area contributed by atoms with Crippen LogP contribution in [0.4, 0.5) is 0 Å². The minimum Gasteiger partial charge on any atom is -1.00 e. The number of hydrogen-bond donors (Lipinski definition) is 0. The summed E-state index contributed by atoms with van der Waals surface area (Å²) in [5.41, 5.74) is 0. The molecule has 22 valence electrons. The summed E-state index contributed by atoms with van der Waals surface area (Å²) in [6.07, 6.45) is 0. The first kappa shape index (κ1) is 16.4. The van der Waals surface area contributed by atoms with Crippen molar-refractivity contribution in [1.29, 1.82) is 0 Å². The molecule has 0 saturated heterocycles. The van der Waals surface area contributed by atoms with Gasteiger partial charge in [0, 0.05) is 0 Å². The van der Waals surface area contributed by atoms with Crippen molar-refractivity contribution in [1.82, 2.24) is 0 Å². The third kappa shape index (κ3) is 8.88. The maximum absolute atomic E-state index is 3.25. The molecule has 0 aromatic heterocycles. The zero-order valence-electron chi connectivity index (χ0n) is 2.79. The average molecular weight is 244 g/mol. The van der Waals surface area contributed by atoms with Crippen LogP contribution < -0.4 is 24.0 Å². The van der Waals surface area contributed by atoms with E-state index in [1.165, 1.54) is 0 Å². The Kier molecular flexibility index (Phi) is 77.3. The van der Waals surface area contributed by atoms with E-state index in [-0.39, 0.29) is 69.5 Å². The third-order valence-corrected chi connectivity index (χ3v) is 0. The van der Waals surface area contributed by atoms with E-state index >= 15 is 0 Å². The van der Waals surface area contributed by atoms with Gasteiger partial charge in [-0.1, -0.05) is 0 Å². The largest absolute Gasteiger partial charge is 2.00 e. The molecule has 0 aliphatic carbocycles. The summed E-state index contributed by atoms with van der Waals surface area (Å²) < 4.78 is 0. The van der Waals surface area contributed by atoms with Crippen LogP contribution in [0.1, 0.15) is 6.92 Å². The Bertz CT molecular complexity index is 6.00. The maximum Gasteiger partial charge on any atom is 2.00 e. The molecule has 0 atom stereocenters. The standard InChI is InChI=1S/C2H5.HI.Sr/c1-2;;/h1H2,2H3;1H;/q-1;;+2/p-1. The van der Waals surface area contributed by atoms with Gasteiger partial charge in [-0.3, -0.25) is 0 Å². The minimum absolute atomic E-state index is 0. The molecule has 0 fully saturated rings. The molecule has 0 saturated carbocycles. The van der Waals surface area contributed by atoms with Crippen molar-refractivity contribution in [2.24, 2.45) is 0 Å². The molecule has 0 N–H and O–H groups in total. The topological polar surface area (TPSA) is 0 Å². The average Bonchev–Trinajstić information content (AvgIpc) is 1.00. The molecule has 0 rings (SSSR count). The Morgan fingerprint density at radius 3 is 1.25 bits per heavy atom. The van der Waals surface area contributed by atoms with Gasteiger partial charge in [-0.05, 0) is 0 Å². The van der Waals surface area contributed by atoms with Crippen LogP contribution in [0.15, 0.2) is 0 Å². The van der Waals surface area contributed by atoms with Gasteiger partial charge in [0.2, 0.25) is 0 Å². The molecule has 0 aromatic rings. The summed E-state index contributed by atoms with van der Waals surface area (Å²) in [7, 11) is 0. The van der Waals surface area contributed by atoms with Gasteiger partial charge in [0.25, 0.3) is 0 Å². The second kappa shape index (κ2) is 18.9. The van der Waals surface area contributed by atoms with Crippen molar-refractivity contribution in [2.75, 3.05) is 0 Å². The molecule has 0 heterocycles. The number of hydrogen-bond acceptors (Lipinski definition) is 0. The van der Waals surface area contributed by atoms with E-state index in [1.54, 1.807) is 6.92 Å². The van der Waals surface area contributed by atoms with Gasteiger partial charge in [0.1, 0.15) is 0 Å². The maximum atomic E-state index is 3.25. The van der Waals surface area contributed by atoms with Crippen LogP contribution >= 0.6 is 0 Å². The smallest absolute Gasteiger partial charge is 1.00 e. The molecule has 0 aromatic carbocycles. The predicted octanol–water partition coefficient (Wildman–Crippen LogP) is -2.54. The molecular formula is C2H5ISr. The van der Waals surface area contributed by atoms with Crippen molar-refractivity contribution >= 4 is 45.5 Å². The van der Waals surface area contributed by atoms with Crippen molar-refractivity contribution in [3.8, 4) is 0 Å². The second-order valence-corrected chi connectivity index (χ2v) is 0. The molecule has 2 heteroatoms. The zero-order valence-corrected chi connectivity index (χ0v) is 8.43. The molecule has 0 aliphatic rings. The van der Waals surface area contributed by atoms with Crippen LogP contribution in [0.25, 0.3) is 0 Å². The van der Waals surface area contributed by atoms with Crippen molar-refractivity contribution in [2.45, 2.75) is 6.92 Å². The first-order valence-electron chi connectivity index (χ1n) is 0.707. The summed E-state index contributed by atoms with van der Waals surface area (Å²) in [4.78, 5) is 0. The summed E-state index contributed by atoms with van der Waals surface area (Å²) in [5, 5.41) is 0. The molecule has 0 amide bonds. The molecule has 4 heavy (non-hydrogen) atoms. The molecular weight excluding hydrogens is 239 g/mol. The van der Waals surface area contributed by atoms with E-state index in [2.05, 4.69) is 6.92 Å². The molecule has 0 radical (unpaired) electrons. The van der Waals surface area contributed by atoms with Crippen LogP contribution in [-0.4, -0.2) is 45.5 Å². The molecule has 0 spiro atoms. The van der Waals surface area contributed by atoms with Gasteiger partial charge in [-0.15, -0.1) is 0 Å². The Balaban J connectivity index is -0.00000000500. The minimum atomic E-state index is 0. The fourth-order valence-electron chi connectivity index (χ4n) is 0. The molecule has 0 bridgehead atoms. The quantitative estimate of drug-likeness (QED) is 0.250. The monoisotopic (exact) mass is 244 g/mol. The van der Waals surface area contributed by atoms with Crippen LogP contribution in [-0.2, 0) is 0 Å². The van der Waals surface area contributed by atoms with Gasteiger partial charge in [0.05, 0.1) is 0 Å². The molecule has 0 nitrogen and oxygen atoms in total. The zero-order chi connectivity index (χ0) is 2.00. The first-order chi connectivity index (χ1) is 1.00. The van der Waals surface area contributed by atoms with E-state index in [1.807, 2.05) is 0 Å². The van der Waals surface area contributed by atoms with Crippen molar-refractivity contribution in [3.05, 3.63) is 6.92 Å². The number of halogens is 1. The van der Waals surface area contributed by atoms with Crippen LogP contribution in [0.5, 0.6) is 0 Å². The Morgan fingerprint density at radius 1 is 1.25 bits per heavy atom. The normalized spacial score (nSPS) is 1.50. The van der Waals surface area contributed by atoms with E-state index in [0.29, 0.717) is 0 Å². The Hall–Kier alpha value is 2.21. The summed E-state index contributed by atoms with van der Waals surface area (Å²) in [5.74, 6) is 0. The fourth-order valence-corrected chi connectivity index (χ4v) is 0. The molecule has 0 unspecified atom stereocenters. The van der Waals surface area contributed by atoms with Crippen LogP contribution in [0, 0.1) is 6.92 Å². The molecule has 0 aliphatic heterocycles.